The van der Waals surface area contributed by atoms with Gasteiger partial charge in [0.1, 0.15) is 0 Å². The Morgan fingerprint density at radius 3 is 2.76 bits per heavy atom. The van der Waals surface area contributed by atoms with Gasteiger partial charge < -0.3 is 4.74 Å². The van der Waals surface area contributed by atoms with E-state index in [1.165, 1.54) is 10.7 Å². The molecular weight excluding hydrogens is 268 g/mol. The molecule has 0 radical (unpaired) electrons. The zero-order valence-corrected chi connectivity index (χ0v) is 12.4. The molecule has 0 unspecified atom stereocenters. The highest BCUT2D eigenvalue weighted by molar-refractivity contribution is 5.86. The number of aromatic nitrogens is 2. The molecule has 0 atom stereocenters. The highest BCUT2D eigenvalue weighted by Gasteiger charge is 2.14. The predicted molar refractivity (Wildman–Crippen MR) is 79.9 cm³/mol. The van der Waals surface area contributed by atoms with Crippen LogP contribution in [0.5, 0.6) is 0 Å². The van der Waals surface area contributed by atoms with Crippen molar-refractivity contribution in [3.8, 4) is 5.69 Å². The van der Waals surface area contributed by atoms with E-state index < -0.39 is 11.4 Å². The van der Waals surface area contributed by atoms with Gasteiger partial charge in [0, 0.05) is 12.3 Å². The maximum absolute atomic E-state index is 11.7. The second-order valence-corrected chi connectivity index (χ2v) is 4.94. The summed E-state index contributed by atoms with van der Waals surface area (Å²) in [7, 11) is 0. The summed E-state index contributed by atoms with van der Waals surface area (Å²) in [6, 6.07) is 9.13. The average Bonchev–Trinajstić information content (AvgIpc) is 2.48. The summed E-state index contributed by atoms with van der Waals surface area (Å²) >= 11 is 0. The molecule has 1 aromatic heterocycles. The highest BCUT2D eigenvalue weighted by atomic mass is 16.5. The van der Waals surface area contributed by atoms with Crippen LogP contribution in [0.4, 0.5) is 0 Å². The quantitative estimate of drug-likeness (QED) is 0.810. The monoisotopic (exact) mass is 286 g/mol. The van der Waals surface area contributed by atoms with Gasteiger partial charge in [0.25, 0.3) is 0 Å². The summed E-state index contributed by atoms with van der Waals surface area (Å²) in [6.45, 7) is 6.09. The summed E-state index contributed by atoms with van der Waals surface area (Å²) in [5.41, 5.74) is 1.32. The highest BCUT2D eigenvalue weighted by Crippen LogP contribution is 2.17. The molecule has 5 heteroatoms. The maximum atomic E-state index is 11.7. The molecule has 0 amide bonds. The number of carbonyl (C=O) groups is 1. The van der Waals surface area contributed by atoms with E-state index in [4.69, 9.17) is 4.74 Å². The number of esters is 1. The predicted octanol–water partition coefficient (Wildman–Crippen LogP) is 2.53. The number of nitrogens with zero attached hydrogens (tertiary/aromatic N) is 2. The minimum absolute atomic E-state index is 0.200. The first-order valence-electron chi connectivity index (χ1n) is 6.90. The molecule has 0 saturated carbocycles. The molecule has 2 rings (SSSR count). The Bertz CT molecular complexity index is 705. The summed E-state index contributed by atoms with van der Waals surface area (Å²) in [4.78, 5) is 23.4. The summed E-state index contributed by atoms with van der Waals surface area (Å²) in [6.07, 6.45) is 1.55. The Morgan fingerprint density at radius 2 is 2.10 bits per heavy atom. The number of benzene rings is 1. The topological polar surface area (TPSA) is 61.2 Å². The van der Waals surface area contributed by atoms with Crippen molar-refractivity contribution < 1.29 is 9.53 Å². The molecule has 0 aliphatic rings. The molecular formula is C16H18N2O3. The third kappa shape index (κ3) is 3.37. The second-order valence-electron chi connectivity index (χ2n) is 4.94. The number of hydrogen-bond acceptors (Lipinski definition) is 4. The van der Waals surface area contributed by atoms with Gasteiger partial charge in [0.05, 0.1) is 12.3 Å². The molecule has 110 valence electrons. The lowest BCUT2D eigenvalue weighted by Gasteiger charge is -2.10. The third-order valence-corrected chi connectivity index (χ3v) is 3.08. The van der Waals surface area contributed by atoms with E-state index >= 15 is 0 Å². The first-order chi connectivity index (χ1) is 10.0. The van der Waals surface area contributed by atoms with Crippen LogP contribution >= 0.6 is 0 Å². The van der Waals surface area contributed by atoms with E-state index in [2.05, 4.69) is 18.9 Å². The Hall–Kier alpha value is -2.43. The van der Waals surface area contributed by atoms with E-state index in [1.807, 2.05) is 24.3 Å². The molecule has 0 aliphatic heterocycles. The zero-order chi connectivity index (χ0) is 15.4. The van der Waals surface area contributed by atoms with Gasteiger partial charge in [0.15, 0.2) is 0 Å². The van der Waals surface area contributed by atoms with Crippen LogP contribution < -0.4 is 5.43 Å². The van der Waals surface area contributed by atoms with Crippen molar-refractivity contribution >= 4 is 5.97 Å². The fourth-order valence-electron chi connectivity index (χ4n) is 1.92. The lowest BCUT2D eigenvalue weighted by Crippen LogP contribution is -2.22. The van der Waals surface area contributed by atoms with Gasteiger partial charge in [-0.25, -0.2) is 9.48 Å². The van der Waals surface area contributed by atoms with Crippen molar-refractivity contribution in [1.82, 2.24) is 9.78 Å². The van der Waals surface area contributed by atoms with Crippen molar-refractivity contribution in [2.75, 3.05) is 6.61 Å². The van der Waals surface area contributed by atoms with Gasteiger partial charge in [-0.2, -0.15) is 5.10 Å². The average molecular weight is 286 g/mol. The van der Waals surface area contributed by atoms with Crippen LogP contribution in [-0.2, 0) is 4.74 Å². The van der Waals surface area contributed by atoms with E-state index in [9.17, 15) is 9.59 Å². The summed E-state index contributed by atoms with van der Waals surface area (Å²) in [5, 5.41) is 4.09. The molecule has 21 heavy (non-hydrogen) atoms. The summed E-state index contributed by atoms with van der Waals surface area (Å²) < 4.78 is 6.36. The van der Waals surface area contributed by atoms with Crippen molar-refractivity contribution in [1.29, 1.82) is 0 Å². The van der Waals surface area contributed by atoms with Crippen molar-refractivity contribution in [3.05, 3.63) is 58.0 Å². The molecule has 1 heterocycles. The van der Waals surface area contributed by atoms with Crippen molar-refractivity contribution in [2.24, 2.45) is 0 Å². The normalized spacial score (nSPS) is 10.7. The number of ether oxygens (including phenoxy) is 1. The molecule has 0 bridgehead atoms. The van der Waals surface area contributed by atoms with E-state index in [0.717, 1.165) is 11.3 Å². The van der Waals surface area contributed by atoms with Crippen LogP contribution in [-0.4, -0.2) is 22.4 Å². The molecule has 0 spiro atoms. The lowest BCUT2D eigenvalue weighted by atomic mass is 10.0. The molecule has 5 nitrogen and oxygen atoms in total. The van der Waals surface area contributed by atoms with E-state index in [-0.39, 0.29) is 12.3 Å². The van der Waals surface area contributed by atoms with E-state index in [0.29, 0.717) is 5.92 Å². The van der Waals surface area contributed by atoms with Gasteiger partial charge >= 0.3 is 5.97 Å². The van der Waals surface area contributed by atoms with Crippen LogP contribution in [0.3, 0.4) is 0 Å². The minimum Gasteiger partial charge on any atom is -0.461 e. The van der Waals surface area contributed by atoms with Crippen LogP contribution in [0.25, 0.3) is 5.69 Å². The molecule has 2 aromatic rings. The lowest BCUT2D eigenvalue weighted by molar-refractivity contribution is 0.0515. The fraction of sp³-hybridized carbons (Fsp3) is 0.312. The molecule has 0 aliphatic carbocycles. The smallest absolute Gasteiger partial charge is 0.362 e. The van der Waals surface area contributed by atoms with Gasteiger partial charge in [-0.05, 0) is 30.5 Å². The Kier molecular flexibility index (Phi) is 4.52. The molecule has 0 saturated heterocycles. The SMILES string of the molecule is CCOC(=O)c1nn(-c2cccc(C(C)C)c2)ccc1=O. The molecule has 0 N–H and O–H groups in total. The number of hydrogen-bond donors (Lipinski definition) is 0. The van der Waals surface area contributed by atoms with Crippen LogP contribution in [0, 0.1) is 0 Å². The van der Waals surface area contributed by atoms with Crippen LogP contribution in [0.2, 0.25) is 0 Å². The Labute approximate surface area is 123 Å². The van der Waals surface area contributed by atoms with Gasteiger partial charge in [-0.1, -0.05) is 26.0 Å². The van der Waals surface area contributed by atoms with Crippen LogP contribution in [0.1, 0.15) is 42.7 Å². The fourth-order valence-corrected chi connectivity index (χ4v) is 1.92. The number of rotatable bonds is 4. The van der Waals surface area contributed by atoms with Crippen molar-refractivity contribution in [2.45, 2.75) is 26.7 Å². The second kappa shape index (κ2) is 6.35. The van der Waals surface area contributed by atoms with Crippen molar-refractivity contribution in [3.63, 3.8) is 0 Å². The first kappa shape index (κ1) is 15.0. The molecule has 1 aromatic carbocycles. The van der Waals surface area contributed by atoms with Gasteiger partial charge in [-0.3, -0.25) is 4.79 Å². The Morgan fingerprint density at radius 1 is 1.33 bits per heavy atom. The Balaban J connectivity index is 2.46. The number of carbonyl (C=O) groups excluding carboxylic acids is 1. The van der Waals surface area contributed by atoms with E-state index in [1.54, 1.807) is 13.1 Å². The standard InChI is InChI=1S/C16H18N2O3/c1-4-21-16(20)15-14(19)8-9-18(17-15)13-7-5-6-12(10-13)11(2)3/h5-11H,4H2,1-3H3. The third-order valence-electron chi connectivity index (χ3n) is 3.08. The minimum atomic E-state index is -0.697. The largest absolute Gasteiger partial charge is 0.461 e. The van der Waals surface area contributed by atoms with Gasteiger partial charge in [0.2, 0.25) is 11.1 Å². The van der Waals surface area contributed by atoms with Crippen LogP contribution in [0.15, 0.2) is 41.3 Å². The zero-order valence-electron chi connectivity index (χ0n) is 12.4. The summed E-state index contributed by atoms with van der Waals surface area (Å²) in [5.74, 6) is -0.314. The first-order valence-corrected chi connectivity index (χ1v) is 6.90. The maximum Gasteiger partial charge on any atom is 0.362 e. The molecule has 0 fully saturated rings. The van der Waals surface area contributed by atoms with Gasteiger partial charge in [-0.15, -0.1) is 0 Å².